The molecule has 0 radical (unpaired) electrons. The number of morpholine rings is 1. The number of imidazole rings is 1. The molecule has 0 aliphatic carbocycles. The number of fused-ring (bicyclic) bond motifs is 2. The van der Waals surface area contributed by atoms with E-state index in [2.05, 4.69) is 36.7 Å². The van der Waals surface area contributed by atoms with Crippen molar-refractivity contribution in [1.82, 2.24) is 34.4 Å². The first-order valence-electron chi connectivity index (χ1n) is 11.8. The van der Waals surface area contributed by atoms with Crippen LogP contribution in [0.5, 0.6) is 0 Å². The summed E-state index contributed by atoms with van der Waals surface area (Å²) in [4.78, 5) is 16.6. The lowest BCUT2D eigenvalue weighted by Gasteiger charge is -2.34. The Hall–Kier alpha value is -2.90. The molecule has 0 bridgehead atoms. The summed E-state index contributed by atoms with van der Waals surface area (Å²) in [5.41, 5.74) is 4.68. The summed E-state index contributed by atoms with van der Waals surface area (Å²) in [6, 6.07) is 6.09. The van der Waals surface area contributed by atoms with Gasteiger partial charge in [0.2, 0.25) is 0 Å². The second-order valence-corrected chi connectivity index (χ2v) is 9.84. The van der Waals surface area contributed by atoms with Gasteiger partial charge in [-0.15, -0.1) is 0 Å². The zero-order chi connectivity index (χ0) is 23.8. The van der Waals surface area contributed by atoms with E-state index in [0.717, 1.165) is 78.6 Å². The van der Waals surface area contributed by atoms with Gasteiger partial charge in [0.1, 0.15) is 0 Å². The molecule has 0 saturated carbocycles. The maximum Gasteiger partial charge on any atom is 0.180 e. The summed E-state index contributed by atoms with van der Waals surface area (Å²) in [5.74, 6) is 0.962. The fraction of sp³-hybridized carbons (Fsp3) is 0.435. The highest BCUT2D eigenvalue weighted by Crippen LogP contribution is 2.30. The van der Waals surface area contributed by atoms with Crippen molar-refractivity contribution in [3.05, 3.63) is 42.5 Å². The normalized spacial score (nSPS) is 19.1. The minimum Gasteiger partial charge on any atom is -0.771 e. The molecule has 11 nitrogen and oxygen atoms in total. The molecule has 2 aliphatic rings. The third-order valence-corrected chi connectivity index (χ3v) is 7.26. The molecule has 1 atom stereocenters. The number of aromatic nitrogens is 5. The van der Waals surface area contributed by atoms with Gasteiger partial charge in [-0.05, 0) is 17.1 Å². The van der Waals surface area contributed by atoms with Crippen molar-refractivity contribution in [3.8, 4) is 11.3 Å². The summed E-state index contributed by atoms with van der Waals surface area (Å²) in [6.45, 7) is 6.69. The van der Waals surface area contributed by atoms with Crippen molar-refractivity contribution in [2.45, 2.75) is 6.54 Å². The predicted molar refractivity (Wildman–Crippen MR) is 132 cm³/mol. The molecular formula is C23H27N8O3S-. The number of piperazine rings is 1. The van der Waals surface area contributed by atoms with E-state index in [1.165, 1.54) is 0 Å². The van der Waals surface area contributed by atoms with Crippen molar-refractivity contribution in [2.24, 2.45) is 0 Å². The number of benzene rings is 1. The van der Waals surface area contributed by atoms with Crippen LogP contribution in [-0.2, 0) is 22.4 Å². The van der Waals surface area contributed by atoms with E-state index < -0.39 is 11.1 Å². The van der Waals surface area contributed by atoms with Crippen molar-refractivity contribution in [1.29, 1.82) is 0 Å². The number of hydrogen-bond acceptors (Lipinski definition) is 9. The second-order valence-electron chi connectivity index (χ2n) is 8.98. The van der Waals surface area contributed by atoms with Gasteiger partial charge in [-0.25, -0.2) is 9.97 Å². The van der Waals surface area contributed by atoms with E-state index in [4.69, 9.17) is 14.7 Å². The zero-order valence-corrected chi connectivity index (χ0v) is 20.1. The van der Waals surface area contributed by atoms with Gasteiger partial charge >= 0.3 is 0 Å². The fourth-order valence-electron chi connectivity index (χ4n) is 4.87. The lowest BCUT2D eigenvalue weighted by Crippen LogP contribution is -2.46. The average molecular weight is 496 g/mol. The molecule has 184 valence electrons. The Morgan fingerprint density at radius 2 is 1.83 bits per heavy atom. The van der Waals surface area contributed by atoms with Crippen LogP contribution in [-0.4, -0.2) is 101 Å². The Morgan fingerprint density at radius 1 is 1.03 bits per heavy atom. The number of ether oxygens (including phenoxy) is 1. The van der Waals surface area contributed by atoms with Gasteiger partial charge in [0, 0.05) is 69.2 Å². The predicted octanol–water partition coefficient (Wildman–Crippen LogP) is 1.06. The van der Waals surface area contributed by atoms with Gasteiger partial charge in [-0.1, -0.05) is 12.1 Å². The lowest BCUT2D eigenvalue weighted by molar-refractivity contribution is 0.122. The number of anilines is 1. The molecule has 2 saturated heterocycles. The van der Waals surface area contributed by atoms with Crippen LogP contribution in [0.1, 0.15) is 5.69 Å². The van der Waals surface area contributed by atoms with E-state index in [0.29, 0.717) is 19.8 Å². The molecule has 5 heterocycles. The van der Waals surface area contributed by atoms with E-state index in [1.54, 1.807) is 0 Å². The third kappa shape index (κ3) is 4.67. The summed E-state index contributed by atoms with van der Waals surface area (Å²) in [6.07, 6.45) is 5.96. The van der Waals surface area contributed by atoms with Crippen molar-refractivity contribution in [2.75, 3.05) is 63.3 Å². The highest BCUT2D eigenvalue weighted by atomic mass is 32.2. The van der Waals surface area contributed by atoms with Crippen LogP contribution in [0, 0.1) is 0 Å². The highest BCUT2D eigenvalue weighted by Gasteiger charge is 2.22. The summed E-state index contributed by atoms with van der Waals surface area (Å²) in [5, 5.41) is 8.28. The number of nitrogens with zero attached hydrogens (tertiary/aromatic N) is 7. The molecule has 12 heteroatoms. The largest absolute Gasteiger partial charge is 0.771 e. The number of nitrogens with one attached hydrogen (secondary N) is 1. The molecule has 0 amide bonds. The Balaban J connectivity index is 1.33. The molecule has 2 fully saturated rings. The Kier molecular flexibility index (Phi) is 6.20. The second kappa shape index (κ2) is 9.63. The van der Waals surface area contributed by atoms with Gasteiger partial charge in [0.15, 0.2) is 11.5 Å². The molecule has 35 heavy (non-hydrogen) atoms. The van der Waals surface area contributed by atoms with Gasteiger partial charge in [0.05, 0.1) is 42.2 Å². The summed E-state index contributed by atoms with van der Waals surface area (Å²) >= 11 is -2.04. The standard InChI is InChI=1S/C23H28N8O3S/c32-35(33)16-29-6-4-28(5-7-29)13-17-14-31-15-21(18-2-1-3-20-19(18)12-24-27-20)26-23(22(31)25-17)30-8-10-34-11-9-30/h1-3,12,14-15H,4-11,13,16H2,(H,24,27)(H,32,33)/p-1. The van der Waals surface area contributed by atoms with Crippen molar-refractivity contribution >= 4 is 33.4 Å². The molecule has 1 unspecified atom stereocenters. The number of rotatable bonds is 6. The first-order valence-corrected chi connectivity index (χ1v) is 13.0. The van der Waals surface area contributed by atoms with Gasteiger partial charge in [0.25, 0.3) is 0 Å². The van der Waals surface area contributed by atoms with Crippen LogP contribution in [0.15, 0.2) is 36.8 Å². The minimum absolute atomic E-state index is 0.100. The third-order valence-electron chi connectivity index (χ3n) is 6.68. The van der Waals surface area contributed by atoms with Crippen molar-refractivity contribution in [3.63, 3.8) is 0 Å². The molecule has 0 spiro atoms. The Bertz CT molecular complexity index is 1360. The van der Waals surface area contributed by atoms with E-state index in [-0.39, 0.29) is 5.88 Å². The lowest BCUT2D eigenvalue weighted by atomic mass is 10.1. The van der Waals surface area contributed by atoms with E-state index in [9.17, 15) is 8.76 Å². The Morgan fingerprint density at radius 3 is 2.63 bits per heavy atom. The molecule has 4 aromatic rings. The van der Waals surface area contributed by atoms with Crippen LogP contribution in [0.4, 0.5) is 5.82 Å². The monoisotopic (exact) mass is 495 g/mol. The van der Waals surface area contributed by atoms with Crippen LogP contribution in [0.25, 0.3) is 27.8 Å². The number of H-pyrrole nitrogens is 1. The highest BCUT2D eigenvalue weighted by molar-refractivity contribution is 7.79. The Labute approximate surface area is 205 Å². The van der Waals surface area contributed by atoms with Crippen LogP contribution >= 0.6 is 0 Å². The van der Waals surface area contributed by atoms with Crippen LogP contribution in [0.3, 0.4) is 0 Å². The van der Waals surface area contributed by atoms with E-state index in [1.807, 2.05) is 29.4 Å². The van der Waals surface area contributed by atoms with Crippen LogP contribution in [0.2, 0.25) is 0 Å². The van der Waals surface area contributed by atoms with Gasteiger partial charge in [-0.3, -0.25) is 19.1 Å². The minimum atomic E-state index is -2.04. The topological polar surface area (TPSA) is 118 Å². The molecule has 1 N–H and O–H groups in total. The van der Waals surface area contributed by atoms with Gasteiger partial charge in [-0.2, -0.15) is 5.10 Å². The summed E-state index contributed by atoms with van der Waals surface area (Å²) in [7, 11) is 0. The molecule has 1 aromatic carbocycles. The zero-order valence-electron chi connectivity index (χ0n) is 19.3. The average Bonchev–Trinajstić information content (AvgIpc) is 3.51. The number of hydrogen-bond donors (Lipinski definition) is 1. The van der Waals surface area contributed by atoms with Gasteiger partial charge < -0.3 is 18.6 Å². The van der Waals surface area contributed by atoms with E-state index >= 15 is 0 Å². The quantitative estimate of drug-likeness (QED) is 0.392. The first-order chi connectivity index (χ1) is 17.1. The maximum absolute atomic E-state index is 11.0. The molecule has 6 rings (SSSR count). The molecule has 3 aromatic heterocycles. The number of aromatic amines is 1. The molecule has 2 aliphatic heterocycles. The fourth-order valence-corrected chi connectivity index (χ4v) is 5.43. The smallest absolute Gasteiger partial charge is 0.180 e. The van der Waals surface area contributed by atoms with Crippen molar-refractivity contribution < 1.29 is 13.5 Å². The maximum atomic E-state index is 11.0. The van der Waals surface area contributed by atoms with Crippen LogP contribution < -0.4 is 4.90 Å². The molecular weight excluding hydrogens is 468 g/mol. The SMILES string of the molecule is O=S([O-])CN1CCN(Cc2cn3cc(-c4cccc5[nH]ncc45)nc(N4CCOCC4)c3n2)CC1. The summed E-state index contributed by atoms with van der Waals surface area (Å²) < 4.78 is 29.7. The first kappa shape index (κ1) is 22.6.